The largest absolute Gasteiger partial charge is 0.490 e. The third-order valence-electron chi connectivity index (χ3n) is 5.29. The van der Waals surface area contributed by atoms with Gasteiger partial charge in [-0.15, -0.1) is 11.3 Å². The Balaban J connectivity index is 0.000000383. The average molecular weight is 488 g/mol. The summed E-state index contributed by atoms with van der Waals surface area (Å²) in [6.45, 7) is 3.46. The van der Waals surface area contributed by atoms with Crippen molar-refractivity contribution in [3.63, 3.8) is 0 Å². The highest BCUT2D eigenvalue weighted by Crippen LogP contribution is 2.30. The maximum absolute atomic E-state index is 12.9. The van der Waals surface area contributed by atoms with Crippen LogP contribution in [-0.2, 0) is 4.79 Å². The van der Waals surface area contributed by atoms with Crippen molar-refractivity contribution in [3.8, 4) is 0 Å². The van der Waals surface area contributed by atoms with Crippen LogP contribution in [0.4, 0.5) is 13.2 Å². The van der Waals surface area contributed by atoms with Crippen molar-refractivity contribution < 1.29 is 37.1 Å². The fraction of sp³-hybridized carbons (Fsp3) is 0.476. The molecule has 1 unspecified atom stereocenters. The minimum Gasteiger partial charge on any atom is -0.475 e. The average Bonchev–Trinajstić information content (AvgIpc) is 3.52. The Hall–Kier alpha value is -2.86. The van der Waals surface area contributed by atoms with E-state index in [0.717, 1.165) is 24.3 Å². The van der Waals surface area contributed by atoms with Gasteiger partial charge in [-0.25, -0.2) is 4.79 Å². The van der Waals surface area contributed by atoms with E-state index in [-0.39, 0.29) is 11.8 Å². The van der Waals surface area contributed by atoms with Crippen LogP contribution >= 0.6 is 11.3 Å². The minimum atomic E-state index is -5.08. The molecule has 2 aliphatic heterocycles. The molecule has 1 atom stereocenters. The number of amides is 2. The summed E-state index contributed by atoms with van der Waals surface area (Å²) in [5.41, 5.74) is 0. The van der Waals surface area contributed by atoms with E-state index in [4.69, 9.17) is 14.3 Å². The lowest BCUT2D eigenvalue weighted by Crippen LogP contribution is -2.37. The number of aliphatic carboxylic acids is 1. The summed E-state index contributed by atoms with van der Waals surface area (Å²) in [6.07, 6.45) is -0.464. The van der Waals surface area contributed by atoms with Gasteiger partial charge in [0.15, 0.2) is 5.76 Å². The van der Waals surface area contributed by atoms with Gasteiger partial charge in [0.05, 0.1) is 11.1 Å². The molecule has 2 aromatic heterocycles. The molecular weight excluding hydrogens is 463 g/mol. The molecule has 2 saturated heterocycles. The number of halogens is 3. The minimum absolute atomic E-state index is 0.0755. The Kier molecular flexibility index (Phi) is 8.14. The molecule has 2 aliphatic rings. The number of alkyl halides is 3. The van der Waals surface area contributed by atoms with Gasteiger partial charge in [-0.05, 0) is 50.1 Å². The summed E-state index contributed by atoms with van der Waals surface area (Å²) in [6, 6.07) is 7.81. The van der Waals surface area contributed by atoms with E-state index in [1.54, 1.807) is 28.4 Å². The predicted octanol–water partition coefficient (Wildman–Crippen LogP) is 3.39. The third-order valence-corrected chi connectivity index (χ3v) is 6.47. The Morgan fingerprint density at radius 3 is 2.24 bits per heavy atom. The number of nitrogens with one attached hydrogen (secondary N) is 1. The normalized spacial score (nSPS) is 18.9. The molecular formula is C21H24F3N3O5S. The van der Waals surface area contributed by atoms with Crippen LogP contribution in [0.3, 0.4) is 0 Å². The van der Waals surface area contributed by atoms with Crippen LogP contribution < -0.4 is 5.32 Å². The van der Waals surface area contributed by atoms with Gasteiger partial charge in [-0.1, -0.05) is 0 Å². The van der Waals surface area contributed by atoms with Crippen molar-refractivity contribution in [3.05, 3.63) is 46.0 Å². The summed E-state index contributed by atoms with van der Waals surface area (Å²) in [4.78, 5) is 39.9. The number of furan rings is 1. The molecule has 0 saturated carbocycles. The number of hydrogen-bond donors (Lipinski definition) is 2. The molecule has 8 nitrogen and oxygen atoms in total. The highest BCUT2D eigenvalue weighted by molar-refractivity contribution is 7.14. The monoisotopic (exact) mass is 487 g/mol. The first kappa shape index (κ1) is 24.8. The zero-order valence-corrected chi connectivity index (χ0v) is 18.5. The smallest absolute Gasteiger partial charge is 0.475 e. The number of carboxylic acid groups (broad SMARTS) is 1. The van der Waals surface area contributed by atoms with Gasteiger partial charge in [0.25, 0.3) is 11.8 Å². The standard InChI is InChI=1S/C19H23N3O3S.C2HF3O2/c23-18(15-5-2-13-25-15)21-9-3-10-22(12-11-21)19(24)17-7-6-16(26-17)14-4-1-8-20-14;3-2(4,5)1(6)7/h2,5-7,13-14,20H,1,3-4,8-12H2;(H,6,7). The first-order valence-electron chi connectivity index (χ1n) is 10.4. The lowest BCUT2D eigenvalue weighted by atomic mass is 10.2. The second kappa shape index (κ2) is 10.8. The van der Waals surface area contributed by atoms with Crippen LogP contribution in [0, 0.1) is 0 Å². The number of nitrogens with zero attached hydrogens (tertiary/aromatic N) is 2. The van der Waals surface area contributed by atoms with Crippen LogP contribution in [0.25, 0.3) is 0 Å². The predicted molar refractivity (Wildman–Crippen MR) is 113 cm³/mol. The fourth-order valence-electron chi connectivity index (χ4n) is 3.62. The molecule has 0 bridgehead atoms. The Morgan fingerprint density at radius 1 is 1.03 bits per heavy atom. The number of carboxylic acids is 1. The Labute approximate surface area is 192 Å². The quantitative estimate of drug-likeness (QED) is 0.688. The van der Waals surface area contributed by atoms with E-state index in [9.17, 15) is 22.8 Å². The fourth-order valence-corrected chi connectivity index (χ4v) is 4.70. The van der Waals surface area contributed by atoms with Crippen molar-refractivity contribution in [1.82, 2.24) is 15.1 Å². The van der Waals surface area contributed by atoms with Crippen LogP contribution in [-0.4, -0.2) is 71.6 Å². The van der Waals surface area contributed by atoms with E-state index in [1.807, 2.05) is 11.0 Å². The van der Waals surface area contributed by atoms with Crippen LogP contribution in [0.1, 0.15) is 50.4 Å². The number of carbonyl (C=O) groups excluding carboxylic acids is 2. The molecule has 4 rings (SSSR count). The van der Waals surface area contributed by atoms with E-state index < -0.39 is 12.1 Å². The van der Waals surface area contributed by atoms with E-state index >= 15 is 0 Å². The zero-order chi connectivity index (χ0) is 24.0. The molecule has 0 aliphatic carbocycles. The Bertz CT molecular complexity index is 955. The third kappa shape index (κ3) is 6.57. The number of carbonyl (C=O) groups is 3. The van der Waals surface area contributed by atoms with Crippen molar-refractivity contribution in [1.29, 1.82) is 0 Å². The summed E-state index contributed by atoms with van der Waals surface area (Å²) >= 11 is 1.59. The summed E-state index contributed by atoms with van der Waals surface area (Å²) in [7, 11) is 0. The van der Waals surface area contributed by atoms with Gasteiger partial charge >= 0.3 is 12.1 Å². The number of thiophene rings is 1. The summed E-state index contributed by atoms with van der Waals surface area (Å²) in [5.74, 6) is -2.43. The number of hydrogen-bond acceptors (Lipinski definition) is 6. The summed E-state index contributed by atoms with van der Waals surface area (Å²) < 4.78 is 36.9. The molecule has 33 heavy (non-hydrogen) atoms. The van der Waals surface area contributed by atoms with Crippen molar-refractivity contribution in [2.24, 2.45) is 0 Å². The second-order valence-corrected chi connectivity index (χ2v) is 8.68. The molecule has 0 aromatic carbocycles. The lowest BCUT2D eigenvalue weighted by Gasteiger charge is -2.21. The van der Waals surface area contributed by atoms with Crippen molar-refractivity contribution in [2.75, 3.05) is 32.7 Å². The number of rotatable bonds is 3. The van der Waals surface area contributed by atoms with E-state index in [0.29, 0.717) is 38.0 Å². The maximum atomic E-state index is 12.9. The zero-order valence-electron chi connectivity index (χ0n) is 17.6. The molecule has 12 heteroatoms. The Morgan fingerprint density at radius 2 is 1.70 bits per heavy atom. The van der Waals surface area contributed by atoms with Gasteiger partial charge in [-0.3, -0.25) is 9.59 Å². The van der Waals surface area contributed by atoms with Crippen LogP contribution in [0.2, 0.25) is 0 Å². The molecule has 2 amide bonds. The topological polar surface area (TPSA) is 103 Å². The van der Waals surface area contributed by atoms with E-state index in [2.05, 4.69) is 11.4 Å². The van der Waals surface area contributed by atoms with E-state index in [1.165, 1.54) is 17.6 Å². The lowest BCUT2D eigenvalue weighted by molar-refractivity contribution is -0.192. The first-order chi connectivity index (χ1) is 15.7. The van der Waals surface area contributed by atoms with Crippen LogP contribution in [0.15, 0.2) is 34.9 Å². The summed E-state index contributed by atoms with van der Waals surface area (Å²) in [5, 5.41) is 10.6. The molecule has 2 aromatic rings. The first-order valence-corrected chi connectivity index (χ1v) is 11.2. The molecule has 0 radical (unpaired) electrons. The SMILES string of the molecule is O=C(O)C(F)(F)F.O=C(c1ccco1)N1CCCN(C(=O)c2ccc(C3CCCN3)s2)CC1. The van der Waals surface area contributed by atoms with Gasteiger partial charge in [0.2, 0.25) is 0 Å². The highest BCUT2D eigenvalue weighted by Gasteiger charge is 2.38. The van der Waals surface area contributed by atoms with Gasteiger partial charge < -0.3 is 24.6 Å². The molecule has 2 N–H and O–H groups in total. The van der Waals surface area contributed by atoms with Crippen molar-refractivity contribution in [2.45, 2.75) is 31.5 Å². The molecule has 180 valence electrons. The molecule has 4 heterocycles. The van der Waals surface area contributed by atoms with Gasteiger partial charge in [0.1, 0.15) is 0 Å². The highest BCUT2D eigenvalue weighted by atomic mass is 32.1. The molecule has 0 spiro atoms. The molecule has 2 fully saturated rings. The maximum Gasteiger partial charge on any atom is 0.490 e. The van der Waals surface area contributed by atoms with Gasteiger partial charge in [-0.2, -0.15) is 13.2 Å². The van der Waals surface area contributed by atoms with Gasteiger partial charge in [0, 0.05) is 37.1 Å². The second-order valence-electron chi connectivity index (χ2n) is 7.57. The van der Waals surface area contributed by atoms with Crippen LogP contribution in [0.5, 0.6) is 0 Å². The van der Waals surface area contributed by atoms with Crippen molar-refractivity contribution >= 4 is 29.1 Å².